The Hall–Kier alpha value is -0.870. The van der Waals surface area contributed by atoms with Crippen LogP contribution in [0.4, 0.5) is 0 Å². The maximum Gasteiger partial charge on any atom is 0.0820 e. The third-order valence-electron chi connectivity index (χ3n) is 2.55. The average Bonchev–Trinajstić information content (AvgIpc) is 2.65. The molecule has 2 atom stereocenters. The van der Waals surface area contributed by atoms with Crippen molar-refractivity contribution in [2.24, 2.45) is 7.05 Å². The van der Waals surface area contributed by atoms with Crippen LogP contribution < -0.4 is 5.32 Å². The van der Waals surface area contributed by atoms with E-state index in [0.717, 1.165) is 18.7 Å². The molecule has 1 heterocycles. The van der Waals surface area contributed by atoms with Gasteiger partial charge in [0.25, 0.3) is 0 Å². The van der Waals surface area contributed by atoms with Gasteiger partial charge in [-0.1, -0.05) is 13.8 Å². The van der Waals surface area contributed by atoms with Crippen LogP contribution in [0.3, 0.4) is 0 Å². The van der Waals surface area contributed by atoms with Crippen LogP contribution in [0.5, 0.6) is 0 Å². The van der Waals surface area contributed by atoms with E-state index in [4.69, 9.17) is 4.74 Å². The first kappa shape index (κ1) is 12.2. The molecule has 4 heteroatoms. The van der Waals surface area contributed by atoms with Crippen LogP contribution in [0.25, 0.3) is 0 Å². The monoisotopic (exact) mass is 211 g/mol. The van der Waals surface area contributed by atoms with E-state index in [9.17, 15) is 0 Å². The summed E-state index contributed by atoms with van der Waals surface area (Å²) in [5, 5.41) is 7.83. The normalized spacial score (nSPS) is 15.2. The van der Waals surface area contributed by atoms with E-state index in [-0.39, 0.29) is 12.1 Å². The third-order valence-corrected chi connectivity index (χ3v) is 2.55. The van der Waals surface area contributed by atoms with Gasteiger partial charge in [0, 0.05) is 20.4 Å². The van der Waals surface area contributed by atoms with Crippen molar-refractivity contribution in [3.05, 3.63) is 18.0 Å². The quantitative estimate of drug-likeness (QED) is 0.775. The van der Waals surface area contributed by atoms with E-state index in [2.05, 4.69) is 24.3 Å². The van der Waals surface area contributed by atoms with Gasteiger partial charge in [-0.05, 0) is 19.0 Å². The molecule has 1 aromatic heterocycles. The van der Waals surface area contributed by atoms with Gasteiger partial charge in [-0.25, -0.2) is 0 Å². The van der Waals surface area contributed by atoms with Crippen molar-refractivity contribution in [2.75, 3.05) is 13.7 Å². The van der Waals surface area contributed by atoms with Crippen LogP contribution in [0, 0.1) is 0 Å². The third kappa shape index (κ3) is 3.04. The van der Waals surface area contributed by atoms with E-state index < -0.39 is 0 Å². The number of aromatic nitrogens is 2. The minimum Gasteiger partial charge on any atom is -0.379 e. The number of methoxy groups -OCH3 is 1. The molecule has 0 aliphatic carbocycles. The minimum atomic E-state index is 0.180. The number of nitrogens with one attached hydrogen (secondary N) is 1. The maximum absolute atomic E-state index is 5.47. The predicted molar refractivity (Wildman–Crippen MR) is 60.7 cm³/mol. The predicted octanol–water partition coefficient (Wildman–Crippen LogP) is 1.50. The SMILES string of the molecule is CCNC(c1ccn(C)n1)C(CC)OC. The fraction of sp³-hybridized carbons (Fsp3) is 0.727. The largest absolute Gasteiger partial charge is 0.379 e. The molecular weight excluding hydrogens is 190 g/mol. The second-order valence-electron chi connectivity index (χ2n) is 3.63. The van der Waals surface area contributed by atoms with Crippen LogP contribution in [0.15, 0.2) is 12.3 Å². The molecule has 0 bridgehead atoms. The van der Waals surface area contributed by atoms with Crippen molar-refractivity contribution in [1.82, 2.24) is 15.1 Å². The van der Waals surface area contributed by atoms with Gasteiger partial charge in [0.05, 0.1) is 17.8 Å². The summed E-state index contributed by atoms with van der Waals surface area (Å²) in [5.74, 6) is 0. The van der Waals surface area contributed by atoms with Gasteiger partial charge < -0.3 is 10.1 Å². The lowest BCUT2D eigenvalue weighted by molar-refractivity contribution is 0.0641. The number of nitrogens with zero attached hydrogens (tertiary/aromatic N) is 2. The van der Waals surface area contributed by atoms with Gasteiger partial charge in [-0.2, -0.15) is 5.10 Å². The molecule has 0 aliphatic rings. The van der Waals surface area contributed by atoms with Gasteiger partial charge in [0.1, 0.15) is 0 Å². The highest BCUT2D eigenvalue weighted by atomic mass is 16.5. The smallest absolute Gasteiger partial charge is 0.0820 e. The first-order valence-electron chi connectivity index (χ1n) is 5.48. The Balaban J connectivity index is 2.81. The van der Waals surface area contributed by atoms with Gasteiger partial charge >= 0.3 is 0 Å². The molecule has 0 radical (unpaired) electrons. The number of aryl methyl sites for hydroxylation is 1. The first-order valence-corrected chi connectivity index (χ1v) is 5.48. The molecule has 0 spiro atoms. The molecule has 15 heavy (non-hydrogen) atoms. The number of likely N-dealkylation sites (N-methyl/N-ethyl adjacent to an activating group) is 1. The highest BCUT2D eigenvalue weighted by Gasteiger charge is 2.22. The fourth-order valence-electron chi connectivity index (χ4n) is 1.78. The Labute approximate surface area is 91.6 Å². The van der Waals surface area contributed by atoms with Crippen LogP contribution in [-0.4, -0.2) is 29.5 Å². The Kier molecular flexibility index (Phi) is 4.78. The fourth-order valence-corrected chi connectivity index (χ4v) is 1.78. The summed E-state index contributed by atoms with van der Waals surface area (Å²) in [5.41, 5.74) is 1.05. The average molecular weight is 211 g/mol. The molecule has 0 amide bonds. The van der Waals surface area contributed by atoms with Gasteiger partial charge in [0.2, 0.25) is 0 Å². The van der Waals surface area contributed by atoms with Crippen LogP contribution in [0.2, 0.25) is 0 Å². The summed E-state index contributed by atoms with van der Waals surface area (Å²) in [7, 11) is 3.68. The van der Waals surface area contributed by atoms with Gasteiger partial charge in [0.15, 0.2) is 0 Å². The number of ether oxygens (including phenoxy) is 1. The Morgan fingerprint density at radius 2 is 2.27 bits per heavy atom. The number of rotatable bonds is 6. The van der Waals surface area contributed by atoms with E-state index >= 15 is 0 Å². The maximum atomic E-state index is 5.47. The lowest BCUT2D eigenvalue weighted by Crippen LogP contribution is -2.33. The number of hydrogen-bond donors (Lipinski definition) is 1. The Bertz CT molecular complexity index is 281. The van der Waals surface area contributed by atoms with Crippen molar-refractivity contribution < 1.29 is 4.74 Å². The van der Waals surface area contributed by atoms with Crippen LogP contribution >= 0.6 is 0 Å². The number of hydrogen-bond acceptors (Lipinski definition) is 3. The topological polar surface area (TPSA) is 39.1 Å². The van der Waals surface area contributed by atoms with Crippen molar-refractivity contribution >= 4 is 0 Å². The highest BCUT2D eigenvalue weighted by Crippen LogP contribution is 2.19. The van der Waals surface area contributed by atoms with Crippen LogP contribution in [-0.2, 0) is 11.8 Å². The van der Waals surface area contributed by atoms with Gasteiger partial charge in [-0.15, -0.1) is 0 Å². The summed E-state index contributed by atoms with van der Waals surface area (Å²) in [6, 6.07) is 2.22. The Morgan fingerprint density at radius 3 is 2.67 bits per heavy atom. The van der Waals surface area contributed by atoms with Crippen molar-refractivity contribution in [3.63, 3.8) is 0 Å². The zero-order valence-electron chi connectivity index (χ0n) is 10.0. The zero-order valence-corrected chi connectivity index (χ0v) is 10.0. The minimum absolute atomic E-state index is 0.180. The van der Waals surface area contributed by atoms with E-state index in [0.29, 0.717) is 0 Å². The molecule has 1 aromatic rings. The molecule has 1 rings (SSSR count). The van der Waals surface area contributed by atoms with Crippen molar-refractivity contribution in [2.45, 2.75) is 32.4 Å². The molecule has 4 nitrogen and oxygen atoms in total. The lowest BCUT2D eigenvalue weighted by Gasteiger charge is -2.24. The summed E-state index contributed by atoms with van der Waals surface area (Å²) in [6.07, 6.45) is 3.12. The molecule has 1 N–H and O–H groups in total. The summed E-state index contributed by atoms with van der Waals surface area (Å²) in [6.45, 7) is 5.14. The van der Waals surface area contributed by atoms with Crippen molar-refractivity contribution in [1.29, 1.82) is 0 Å². The standard InChI is InChI=1S/C11H21N3O/c1-5-10(15-4)11(12-6-2)9-7-8-14(3)13-9/h7-8,10-12H,5-6H2,1-4H3. The van der Waals surface area contributed by atoms with Crippen LogP contribution in [0.1, 0.15) is 32.0 Å². The second-order valence-corrected chi connectivity index (χ2v) is 3.63. The molecule has 0 saturated heterocycles. The summed E-state index contributed by atoms with van der Waals surface area (Å²) < 4.78 is 7.29. The molecule has 2 unspecified atom stereocenters. The van der Waals surface area contributed by atoms with Crippen molar-refractivity contribution in [3.8, 4) is 0 Å². The summed E-state index contributed by atoms with van der Waals surface area (Å²) >= 11 is 0. The molecule has 0 aromatic carbocycles. The van der Waals surface area contributed by atoms with E-state index in [1.807, 2.05) is 24.0 Å². The molecule has 0 saturated carbocycles. The second kappa shape index (κ2) is 5.88. The molecular formula is C11H21N3O. The van der Waals surface area contributed by atoms with E-state index in [1.54, 1.807) is 7.11 Å². The zero-order chi connectivity index (χ0) is 11.3. The molecule has 0 fully saturated rings. The first-order chi connectivity index (χ1) is 7.22. The lowest BCUT2D eigenvalue weighted by atomic mass is 10.1. The van der Waals surface area contributed by atoms with Gasteiger partial charge in [-0.3, -0.25) is 4.68 Å². The molecule has 86 valence electrons. The van der Waals surface area contributed by atoms with E-state index in [1.165, 1.54) is 0 Å². The highest BCUT2D eigenvalue weighted by molar-refractivity contribution is 5.07. The summed E-state index contributed by atoms with van der Waals surface area (Å²) in [4.78, 5) is 0. The molecule has 0 aliphatic heterocycles. The Morgan fingerprint density at radius 1 is 1.53 bits per heavy atom.